The standard InChI is InChI=1S/C12H11NO4S/c13-8-18-10(6-11(14)15)12(16)17-7-9-4-2-1-3-5-9/h1-5,10H,6-7H2,(H,14,15). The minimum absolute atomic E-state index is 0.0712. The van der Waals surface area contributed by atoms with Gasteiger partial charge < -0.3 is 9.84 Å². The third-order valence-electron chi connectivity index (χ3n) is 2.04. The molecule has 6 heteroatoms. The Hall–Kier alpha value is -2.00. The number of ether oxygens (including phenoxy) is 1. The molecule has 0 spiro atoms. The summed E-state index contributed by atoms with van der Waals surface area (Å²) in [6, 6.07) is 9.03. The molecule has 0 fully saturated rings. The van der Waals surface area contributed by atoms with Crippen molar-refractivity contribution in [2.45, 2.75) is 18.3 Å². The number of thioether (sulfide) groups is 1. The van der Waals surface area contributed by atoms with Crippen LogP contribution in [0.3, 0.4) is 0 Å². The molecule has 0 aliphatic rings. The Balaban J connectivity index is 2.52. The van der Waals surface area contributed by atoms with Gasteiger partial charge in [0.2, 0.25) is 0 Å². The maximum absolute atomic E-state index is 11.6. The highest BCUT2D eigenvalue weighted by molar-refractivity contribution is 8.04. The van der Waals surface area contributed by atoms with Gasteiger partial charge in [0.1, 0.15) is 17.3 Å². The zero-order valence-electron chi connectivity index (χ0n) is 9.41. The van der Waals surface area contributed by atoms with Crippen LogP contribution in [0, 0.1) is 10.7 Å². The van der Waals surface area contributed by atoms with E-state index in [0.717, 1.165) is 5.56 Å². The number of hydrogen-bond acceptors (Lipinski definition) is 5. The molecule has 1 aromatic carbocycles. The first-order valence-electron chi connectivity index (χ1n) is 5.10. The lowest BCUT2D eigenvalue weighted by molar-refractivity contribution is -0.147. The van der Waals surface area contributed by atoms with Crippen molar-refractivity contribution in [1.82, 2.24) is 0 Å². The van der Waals surface area contributed by atoms with Crippen molar-refractivity contribution in [1.29, 1.82) is 5.26 Å². The molecular weight excluding hydrogens is 254 g/mol. The van der Waals surface area contributed by atoms with E-state index >= 15 is 0 Å². The lowest BCUT2D eigenvalue weighted by Crippen LogP contribution is -2.23. The highest BCUT2D eigenvalue weighted by atomic mass is 32.2. The van der Waals surface area contributed by atoms with Gasteiger partial charge in [0.15, 0.2) is 0 Å². The van der Waals surface area contributed by atoms with Gasteiger partial charge >= 0.3 is 11.9 Å². The van der Waals surface area contributed by atoms with Crippen molar-refractivity contribution in [3.05, 3.63) is 35.9 Å². The Labute approximate surface area is 108 Å². The van der Waals surface area contributed by atoms with Crippen LogP contribution in [0.15, 0.2) is 30.3 Å². The van der Waals surface area contributed by atoms with Gasteiger partial charge in [0.05, 0.1) is 6.42 Å². The van der Waals surface area contributed by atoms with Crippen LogP contribution in [0.1, 0.15) is 12.0 Å². The average Bonchev–Trinajstić information content (AvgIpc) is 2.36. The number of carboxylic acids is 1. The first-order chi connectivity index (χ1) is 8.63. The zero-order valence-corrected chi connectivity index (χ0v) is 10.2. The summed E-state index contributed by atoms with van der Waals surface area (Å²) in [7, 11) is 0. The predicted octanol–water partition coefficient (Wildman–Crippen LogP) is 1.79. The van der Waals surface area contributed by atoms with Gasteiger partial charge in [-0.25, -0.2) is 0 Å². The Bertz CT molecular complexity index is 455. The van der Waals surface area contributed by atoms with Crippen LogP contribution in [0.25, 0.3) is 0 Å². The van der Waals surface area contributed by atoms with Crippen LogP contribution in [0.2, 0.25) is 0 Å². The molecule has 94 valence electrons. The topological polar surface area (TPSA) is 87.4 Å². The Kier molecular flexibility index (Phi) is 5.74. The maximum Gasteiger partial charge on any atom is 0.321 e. The molecule has 1 unspecified atom stereocenters. The number of thiocyanates is 1. The van der Waals surface area contributed by atoms with E-state index in [1.165, 1.54) is 0 Å². The van der Waals surface area contributed by atoms with Crippen LogP contribution in [0.4, 0.5) is 0 Å². The Morgan fingerprint density at radius 1 is 1.39 bits per heavy atom. The largest absolute Gasteiger partial charge is 0.481 e. The van der Waals surface area contributed by atoms with E-state index in [-0.39, 0.29) is 6.61 Å². The highest BCUT2D eigenvalue weighted by Gasteiger charge is 2.24. The third kappa shape index (κ3) is 4.89. The Morgan fingerprint density at radius 3 is 2.61 bits per heavy atom. The molecule has 0 aliphatic heterocycles. The number of carboxylic acid groups (broad SMARTS) is 1. The minimum Gasteiger partial charge on any atom is -0.481 e. The first kappa shape index (κ1) is 14.1. The third-order valence-corrected chi connectivity index (χ3v) is 2.79. The van der Waals surface area contributed by atoms with E-state index in [2.05, 4.69) is 0 Å². The van der Waals surface area contributed by atoms with Gasteiger partial charge in [-0.1, -0.05) is 30.3 Å². The number of rotatable bonds is 6. The van der Waals surface area contributed by atoms with Crippen molar-refractivity contribution in [2.24, 2.45) is 0 Å². The normalized spacial score (nSPS) is 11.3. The zero-order chi connectivity index (χ0) is 13.4. The number of esters is 1. The molecule has 0 radical (unpaired) electrons. The molecule has 0 heterocycles. The van der Waals surface area contributed by atoms with E-state index in [9.17, 15) is 9.59 Å². The van der Waals surface area contributed by atoms with E-state index in [1.54, 1.807) is 17.5 Å². The second-order valence-electron chi connectivity index (χ2n) is 3.39. The molecule has 5 nitrogen and oxygen atoms in total. The van der Waals surface area contributed by atoms with Gasteiger partial charge in [0, 0.05) is 0 Å². The summed E-state index contributed by atoms with van der Waals surface area (Å²) in [5, 5.41) is 17.8. The van der Waals surface area contributed by atoms with Crippen LogP contribution >= 0.6 is 11.8 Å². The van der Waals surface area contributed by atoms with E-state index < -0.39 is 23.6 Å². The molecule has 1 rings (SSSR count). The molecule has 0 aliphatic carbocycles. The van der Waals surface area contributed by atoms with Gasteiger partial charge in [-0.3, -0.25) is 9.59 Å². The molecular formula is C12H11NO4S. The number of nitriles is 1. The number of hydrogen-bond donors (Lipinski definition) is 1. The fraction of sp³-hybridized carbons (Fsp3) is 0.250. The van der Waals surface area contributed by atoms with E-state index in [1.807, 2.05) is 18.2 Å². The fourth-order valence-corrected chi connectivity index (χ4v) is 1.73. The van der Waals surface area contributed by atoms with Crippen LogP contribution in [-0.4, -0.2) is 22.3 Å². The summed E-state index contributed by atoms with van der Waals surface area (Å²) in [6.45, 7) is 0.0712. The second kappa shape index (κ2) is 7.35. The van der Waals surface area contributed by atoms with E-state index in [4.69, 9.17) is 15.1 Å². The smallest absolute Gasteiger partial charge is 0.321 e. The second-order valence-corrected chi connectivity index (χ2v) is 4.38. The molecule has 0 amide bonds. The minimum atomic E-state index is -1.14. The van der Waals surface area contributed by atoms with Gasteiger partial charge in [-0.2, -0.15) is 5.26 Å². The molecule has 0 saturated carbocycles. The first-order valence-corrected chi connectivity index (χ1v) is 5.98. The fourth-order valence-electron chi connectivity index (χ4n) is 1.22. The molecule has 18 heavy (non-hydrogen) atoms. The lowest BCUT2D eigenvalue weighted by atomic mass is 10.2. The molecule has 0 saturated heterocycles. The number of benzene rings is 1. The highest BCUT2D eigenvalue weighted by Crippen LogP contribution is 2.16. The van der Waals surface area contributed by atoms with Crippen LogP contribution < -0.4 is 0 Å². The molecule has 1 N–H and O–H groups in total. The van der Waals surface area contributed by atoms with Crippen molar-refractivity contribution in [3.63, 3.8) is 0 Å². The summed E-state index contributed by atoms with van der Waals surface area (Å²) in [5.74, 6) is -1.83. The summed E-state index contributed by atoms with van der Waals surface area (Å²) < 4.78 is 4.97. The van der Waals surface area contributed by atoms with Crippen LogP contribution in [-0.2, 0) is 20.9 Å². The molecule has 0 bridgehead atoms. The average molecular weight is 265 g/mol. The number of nitrogens with zero attached hydrogens (tertiary/aromatic N) is 1. The van der Waals surface area contributed by atoms with Gasteiger partial charge in [-0.15, -0.1) is 0 Å². The predicted molar refractivity (Wildman–Crippen MR) is 65.5 cm³/mol. The summed E-state index contributed by atoms with van der Waals surface area (Å²) in [4.78, 5) is 22.1. The van der Waals surface area contributed by atoms with Crippen LogP contribution in [0.5, 0.6) is 0 Å². The van der Waals surface area contributed by atoms with Crippen molar-refractivity contribution < 1.29 is 19.4 Å². The molecule has 1 aromatic rings. The summed E-state index contributed by atoms with van der Waals surface area (Å²) in [5.41, 5.74) is 0.807. The maximum atomic E-state index is 11.6. The summed E-state index contributed by atoms with van der Waals surface area (Å²) in [6.07, 6.45) is -0.425. The lowest BCUT2D eigenvalue weighted by Gasteiger charge is -2.10. The van der Waals surface area contributed by atoms with Crippen molar-refractivity contribution in [2.75, 3.05) is 0 Å². The quantitative estimate of drug-likeness (QED) is 0.623. The van der Waals surface area contributed by atoms with Gasteiger partial charge in [-0.05, 0) is 17.3 Å². The number of carbonyl (C=O) groups is 2. The monoisotopic (exact) mass is 265 g/mol. The van der Waals surface area contributed by atoms with Crippen molar-refractivity contribution >= 4 is 23.7 Å². The molecule has 0 aromatic heterocycles. The van der Waals surface area contributed by atoms with Crippen molar-refractivity contribution in [3.8, 4) is 5.40 Å². The Morgan fingerprint density at radius 2 is 2.06 bits per heavy atom. The molecule has 1 atom stereocenters. The SMILES string of the molecule is N#CSC(CC(=O)O)C(=O)OCc1ccccc1. The summed E-state index contributed by atoms with van der Waals surface area (Å²) >= 11 is 0.598. The number of aliphatic carboxylic acids is 1. The van der Waals surface area contributed by atoms with E-state index in [0.29, 0.717) is 11.8 Å². The number of carbonyl (C=O) groups excluding carboxylic acids is 1. The van der Waals surface area contributed by atoms with Gasteiger partial charge in [0.25, 0.3) is 0 Å².